The number of hydrogen-bond donors (Lipinski definition) is 2. The minimum atomic E-state index is -0.0828. The van der Waals surface area contributed by atoms with Gasteiger partial charge in [-0.15, -0.1) is 21.5 Å². The fraction of sp³-hybridized carbons (Fsp3) is 0.200. The molecule has 0 aliphatic rings. The van der Waals surface area contributed by atoms with E-state index < -0.39 is 0 Å². The molecule has 25 heavy (non-hydrogen) atoms. The predicted molar refractivity (Wildman–Crippen MR) is 102 cm³/mol. The number of nitrogens with two attached hydrogens (primary N) is 1. The second-order valence-electron chi connectivity index (χ2n) is 4.82. The van der Waals surface area contributed by atoms with Crippen LogP contribution < -0.4 is 15.8 Å². The van der Waals surface area contributed by atoms with E-state index in [2.05, 4.69) is 20.5 Å². The van der Waals surface area contributed by atoms with E-state index in [1.165, 1.54) is 34.4 Å². The van der Waals surface area contributed by atoms with Gasteiger partial charge in [0.25, 0.3) is 0 Å². The van der Waals surface area contributed by atoms with Gasteiger partial charge in [-0.1, -0.05) is 23.1 Å². The molecule has 3 rings (SSSR count). The third-order valence-corrected chi connectivity index (χ3v) is 5.76. The smallest absolute Gasteiger partial charge is 0.226 e. The summed E-state index contributed by atoms with van der Waals surface area (Å²) >= 11 is 4.17. The van der Waals surface area contributed by atoms with E-state index in [0.29, 0.717) is 22.4 Å². The lowest BCUT2D eigenvalue weighted by atomic mass is 10.2. The molecular weight excluding hydrogens is 378 g/mol. The summed E-state index contributed by atoms with van der Waals surface area (Å²) in [5.41, 5.74) is 7.31. The Hall–Kier alpha value is -2.17. The first-order chi connectivity index (χ1) is 12.1. The Bertz CT molecular complexity index is 847. The standard InChI is InChI=1S/C15H15N5O2S3/c1-22-10-4-2-9(3-5-10)11-8-24-14(17-11)18-12(21)6-7-23-15-20-19-13(16)25-15/h2-5,8H,6-7H2,1H3,(H2,16,19)(H,17,18,21). The van der Waals surface area contributed by atoms with E-state index in [0.717, 1.165) is 21.3 Å². The number of thioether (sulfide) groups is 1. The molecule has 0 unspecified atom stereocenters. The Kier molecular flexibility index (Phi) is 5.84. The molecule has 0 aliphatic carbocycles. The Morgan fingerprint density at radius 1 is 1.32 bits per heavy atom. The van der Waals surface area contributed by atoms with Crippen molar-refractivity contribution in [1.82, 2.24) is 15.2 Å². The van der Waals surface area contributed by atoms with Crippen molar-refractivity contribution < 1.29 is 9.53 Å². The van der Waals surface area contributed by atoms with Crippen LogP contribution in [0.15, 0.2) is 34.0 Å². The van der Waals surface area contributed by atoms with Gasteiger partial charge in [0.05, 0.1) is 12.8 Å². The number of hydrogen-bond acceptors (Lipinski definition) is 9. The zero-order chi connectivity index (χ0) is 17.6. The number of methoxy groups -OCH3 is 1. The van der Waals surface area contributed by atoms with Crippen LogP contribution in [0.4, 0.5) is 10.3 Å². The van der Waals surface area contributed by atoms with Gasteiger partial charge in [-0.2, -0.15) is 0 Å². The van der Waals surface area contributed by atoms with Gasteiger partial charge in [0.1, 0.15) is 5.75 Å². The molecule has 0 bridgehead atoms. The average molecular weight is 394 g/mol. The number of benzene rings is 1. The van der Waals surface area contributed by atoms with E-state index in [9.17, 15) is 4.79 Å². The molecule has 10 heteroatoms. The number of amides is 1. The summed E-state index contributed by atoms with van der Waals surface area (Å²) in [4.78, 5) is 16.5. The number of carbonyl (C=O) groups excluding carboxylic acids is 1. The largest absolute Gasteiger partial charge is 0.497 e. The van der Waals surface area contributed by atoms with Crippen LogP contribution in [0.2, 0.25) is 0 Å². The Balaban J connectivity index is 1.50. The van der Waals surface area contributed by atoms with Crippen molar-refractivity contribution in [3.05, 3.63) is 29.6 Å². The molecule has 0 saturated carbocycles. The average Bonchev–Trinajstić information content (AvgIpc) is 3.24. The number of rotatable bonds is 7. The topological polar surface area (TPSA) is 103 Å². The van der Waals surface area contributed by atoms with Gasteiger partial charge >= 0.3 is 0 Å². The van der Waals surface area contributed by atoms with Gasteiger partial charge in [0, 0.05) is 23.1 Å². The van der Waals surface area contributed by atoms with Crippen LogP contribution in [0.5, 0.6) is 5.75 Å². The Labute approximate surface area is 156 Å². The third-order valence-electron chi connectivity index (χ3n) is 3.11. The molecule has 3 N–H and O–H groups in total. The molecule has 0 radical (unpaired) electrons. The van der Waals surface area contributed by atoms with Crippen LogP contribution in [0.25, 0.3) is 11.3 Å². The maximum absolute atomic E-state index is 12.0. The van der Waals surface area contributed by atoms with Crippen LogP contribution in [0.1, 0.15) is 6.42 Å². The Morgan fingerprint density at radius 3 is 2.80 bits per heavy atom. The van der Waals surface area contributed by atoms with E-state index >= 15 is 0 Å². The lowest BCUT2D eigenvalue weighted by molar-refractivity contribution is -0.115. The van der Waals surface area contributed by atoms with E-state index in [4.69, 9.17) is 10.5 Å². The van der Waals surface area contributed by atoms with Crippen molar-refractivity contribution in [2.75, 3.05) is 23.9 Å². The van der Waals surface area contributed by atoms with Crippen molar-refractivity contribution in [3.8, 4) is 17.0 Å². The van der Waals surface area contributed by atoms with E-state index in [1.807, 2.05) is 29.6 Å². The first-order valence-electron chi connectivity index (χ1n) is 7.25. The SMILES string of the molecule is COc1ccc(-c2csc(NC(=O)CCSc3nnc(N)s3)n2)cc1. The highest BCUT2D eigenvalue weighted by atomic mass is 32.2. The molecule has 3 aromatic rings. The molecule has 0 spiro atoms. The van der Waals surface area contributed by atoms with Gasteiger partial charge in [-0.05, 0) is 24.3 Å². The van der Waals surface area contributed by atoms with Crippen molar-refractivity contribution in [3.63, 3.8) is 0 Å². The summed E-state index contributed by atoms with van der Waals surface area (Å²) in [6, 6.07) is 7.63. The van der Waals surface area contributed by atoms with Crippen molar-refractivity contribution >= 4 is 50.6 Å². The normalized spacial score (nSPS) is 10.6. The van der Waals surface area contributed by atoms with Crippen molar-refractivity contribution in [2.24, 2.45) is 0 Å². The second kappa shape index (κ2) is 8.28. The fourth-order valence-electron chi connectivity index (χ4n) is 1.92. The molecule has 130 valence electrons. The molecule has 0 aliphatic heterocycles. The first-order valence-corrected chi connectivity index (χ1v) is 9.94. The van der Waals surface area contributed by atoms with Crippen molar-refractivity contribution in [1.29, 1.82) is 0 Å². The molecule has 2 heterocycles. The van der Waals surface area contributed by atoms with Gasteiger partial charge in [-0.3, -0.25) is 4.79 Å². The molecule has 7 nitrogen and oxygen atoms in total. The quantitative estimate of drug-likeness (QED) is 0.593. The molecule has 0 saturated heterocycles. The highest BCUT2D eigenvalue weighted by Crippen LogP contribution is 2.27. The molecule has 2 aromatic heterocycles. The zero-order valence-corrected chi connectivity index (χ0v) is 15.7. The number of thiazole rings is 1. The Morgan fingerprint density at radius 2 is 2.12 bits per heavy atom. The lowest BCUT2D eigenvalue weighted by Gasteiger charge is -2.01. The van der Waals surface area contributed by atoms with Gasteiger partial charge in [-0.25, -0.2) is 4.98 Å². The number of nitrogen functional groups attached to an aromatic ring is 1. The van der Waals surface area contributed by atoms with E-state index in [-0.39, 0.29) is 5.91 Å². The van der Waals surface area contributed by atoms with Gasteiger partial charge < -0.3 is 15.8 Å². The third kappa shape index (κ3) is 4.91. The maximum Gasteiger partial charge on any atom is 0.226 e. The predicted octanol–water partition coefficient (Wildman–Crippen LogP) is 3.37. The molecule has 0 fully saturated rings. The summed E-state index contributed by atoms with van der Waals surface area (Å²) in [5, 5.41) is 13.4. The van der Waals surface area contributed by atoms with Crippen LogP contribution in [0.3, 0.4) is 0 Å². The summed E-state index contributed by atoms with van der Waals surface area (Å²) < 4.78 is 5.91. The summed E-state index contributed by atoms with van der Waals surface area (Å²) in [7, 11) is 1.63. The summed E-state index contributed by atoms with van der Waals surface area (Å²) in [6.07, 6.45) is 0.363. The van der Waals surface area contributed by atoms with Gasteiger partial charge in [0.15, 0.2) is 9.47 Å². The summed E-state index contributed by atoms with van der Waals surface area (Å²) in [6.45, 7) is 0. The summed E-state index contributed by atoms with van der Waals surface area (Å²) in [5.74, 6) is 1.32. The monoisotopic (exact) mass is 393 g/mol. The van der Waals surface area contributed by atoms with Crippen LogP contribution >= 0.6 is 34.4 Å². The molecule has 1 amide bonds. The number of aromatic nitrogens is 3. The minimum absolute atomic E-state index is 0.0828. The lowest BCUT2D eigenvalue weighted by Crippen LogP contribution is -2.11. The molecule has 1 aromatic carbocycles. The number of nitrogens with zero attached hydrogens (tertiary/aromatic N) is 3. The van der Waals surface area contributed by atoms with Gasteiger partial charge in [0.2, 0.25) is 11.0 Å². The van der Waals surface area contributed by atoms with Crippen LogP contribution in [-0.4, -0.2) is 34.0 Å². The second-order valence-corrected chi connectivity index (χ2v) is 8.03. The van der Waals surface area contributed by atoms with Crippen molar-refractivity contribution in [2.45, 2.75) is 10.8 Å². The van der Waals surface area contributed by atoms with E-state index in [1.54, 1.807) is 7.11 Å². The highest BCUT2D eigenvalue weighted by molar-refractivity contribution is 8.01. The maximum atomic E-state index is 12.0. The number of nitrogens with one attached hydrogen (secondary N) is 1. The molecule has 0 atom stereocenters. The van der Waals surface area contributed by atoms with Crippen LogP contribution in [0, 0.1) is 0 Å². The molecular formula is C15H15N5O2S3. The zero-order valence-electron chi connectivity index (χ0n) is 13.3. The fourth-order valence-corrected chi connectivity index (χ4v) is 4.30. The highest BCUT2D eigenvalue weighted by Gasteiger charge is 2.09. The number of anilines is 2. The number of ether oxygens (including phenoxy) is 1. The minimum Gasteiger partial charge on any atom is -0.497 e. The van der Waals surface area contributed by atoms with Crippen LogP contribution in [-0.2, 0) is 4.79 Å². The number of carbonyl (C=O) groups is 1. The first kappa shape index (κ1) is 17.6.